The van der Waals surface area contributed by atoms with Crippen molar-refractivity contribution in [1.82, 2.24) is 10.2 Å². The highest BCUT2D eigenvalue weighted by Crippen LogP contribution is 2.36. The number of amides is 4. The standard InChI is InChI=1S/C22H18BrN3O3S/c1-22(17-10-11-18(23)30-17)20(28)26(21(29)25-22)13-14-6-5-7-15(12-14)19(27)24-16-8-3-2-4-9-16/h2-12H,13H2,1H3,(H,24,27)(H,25,29). The number of carbonyl (C=O) groups is 3. The number of para-hydroxylation sites is 1. The van der Waals surface area contributed by atoms with Crippen molar-refractivity contribution in [1.29, 1.82) is 0 Å². The number of urea groups is 1. The fraction of sp³-hybridized carbons (Fsp3) is 0.136. The Bertz CT molecular complexity index is 1130. The van der Waals surface area contributed by atoms with Gasteiger partial charge in [-0.3, -0.25) is 14.5 Å². The van der Waals surface area contributed by atoms with Gasteiger partial charge < -0.3 is 10.6 Å². The summed E-state index contributed by atoms with van der Waals surface area (Å²) in [6, 6.07) is 19.3. The number of thiophene rings is 1. The van der Waals surface area contributed by atoms with E-state index in [4.69, 9.17) is 0 Å². The van der Waals surface area contributed by atoms with Gasteiger partial charge in [-0.15, -0.1) is 11.3 Å². The molecule has 1 aliphatic rings. The Kier molecular flexibility index (Phi) is 5.44. The van der Waals surface area contributed by atoms with E-state index in [1.807, 2.05) is 30.3 Å². The molecule has 6 nitrogen and oxygen atoms in total. The molecule has 0 saturated carbocycles. The molecular formula is C22H18BrN3O3S. The molecule has 0 spiro atoms. The van der Waals surface area contributed by atoms with E-state index in [0.717, 1.165) is 8.66 Å². The third kappa shape index (κ3) is 3.88. The van der Waals surface area contributed by atoms with Crippen molar-refractivity contribution in [2.24, 2.45) is 0 Å². The van der Waals surface area contributed by atoms with Crippen molar-refractivity contribution in [3.8, 4) is 0 Å². The second-order valence-corrected chi connectivity index (χ2v) is 9.53. The summed E-state index contributed by atoms with van der Waals surface area (Å²) in [4.78, 5) is 40.1. The zero-order chi connectivity index (χ0) is 21.3. The Morgan fingerprint density at radius 1 is 1.10 bits per heavy atom. The van der Waals surface area contributed by atoms with Gasteiger partial charge in [0.1, 0.15) is 0 Å². The fourth-order valence-electron chi connectivity index (χ4n) is 3.31. The van der Waals surface area contributed by atoms with Gasteiger partial charge in [-0.05, 0) is 64.8 Å². The van der Waals surface area contributed by atoms with Gasteiger partial charge >= 0.3 is 6.03 Å². The maximum absolute atomic E-state index is 13.1. The summed E-state index contributed by atoms with van der Waals surface area (Å²) in [5.41, 5.74) is 0.736. The molecule has 4 rings (SSSR count). The van der Waals surface area contributed by atoms with Gasteiger partial charge in [-0.1, -0.05) is 30.3 Å². The largest absolute Gasteiger partial charge is 0.325 e. The van der Waals surface area contributed by atoms with E-state index in [-0.39, 0.29) is 18.4 Å². The van der Waals surface area contributed by atoms with Crippen LogP contribution in [-0.4, -0.2) is 22.7 Å². The molecule has 1 aromatic heterocycles. The van der Waals surface area contributed by atoms with Gasteiger partial charge in [0, 0.05) is 16.1 Å². The Morgan fingerprint density at radius 3 is 2.57 bits per heavy atom. The van der Waals surface area contributed by atoms with Crippen molar-refractivity contribution in [3.63, 3.8) is 0 Å². The summed E-state index contributed by atoms with van der Waals surface area (Å²) in [5, 5.41) is 5.63. The third-order valence-corrected chi connectivity index (χ3v) is 6.75. The SMILES string of the molecule is CC1(c2ccc(Br)s2)NC(=O)N(Cc2cccc(C(=O)Nc3ccccc3)c2)C1=O. The summed E-state index contributed by atoms with van der Waals surface area (Å²) in [6.07, 6.45) is 0. The first-order valence-electron chi connectivity index (χ1n) is 9.22. The zero-order valence-electron chi connectivity index (χ0n) is 16.0. The van der Waals surface area contributed by atoms with Crippen LogP contribution >= 0.6 is 27.3 Å². The van der Waals surface area contributed by atoms with E-state index in [2.05, 4.69) is 26.6 Å². The highest BCUT2D eigenvalue weighted by atomic mass is 79.9. The number of anilines is 1. The molecule has 3 aromatic rings. The van der Waals surface area contributed by atoms with Gasteiger partial charge in [-0.2, -0.15) is 0 Å². The molecule has 0 radical (unpaired) electrons. The number of carbonyl (C=O) groups excluding carboxylic acids is 3. The van der Waals surface area contributed by atoms with Crippen LogP contribution in [0.5, 0.6) is 0 Å². The van der Waals surface area contributed by atoms with Crippen LogP contribution in [0.1, 0.15) is 27.7 Å². The molecule has 2 heterocycles. The van der Waals surface area contributed by atoms with Gasteiger partial charge in [0.25, 0.3) is 11.8 Å². The summed E-state index contributed by atoms with van der Waals surface area (Å²) in [7, 11) is 0. The molecule has 0 aliphatic carbocycles. The average Bonchev–Trinajstić information content (AvgIpc) is 3.27. The van der Waals surface area contributed by atoms with Gasteiger partial charge in [0.15, 0.2) is 5.54 Å². The first-order valence-corrected chi connectivity index (χ1v) is 10.8. The van der Waals surface area contributed by atoms with Crippen LogP contribution in [-0.2, 0) is 16.9 Å². The lowest BCUT2D eigenvalue weighted by Crippen LogP contribution is -2.40. The Hall–Kier alpha value is -2.97. The van der Waals surface area contributed by atoms with Gasteiger partial charge in [0.2, 0.25) is 0 Å². The highest BCUT2D eigenvalue weighted by molar-refractivity contribution is 9.11. The molecule has 30 heavy (non-hydrogen) atoms. The number of imide groups is 1. The lowest BCUT2D eigenvalue weighted by atomic mass is 10.0. The van der Waals surface area contributed by atoms with Crippen molar-refractivity contribution in [2.75, 3.05) is 5.32 Å². The topological polar surface area (TPSA) is 78.5 Å². The van der Waals surface area contributed by atoms with Gasteiger partial charge in [0.05, 0.1) is 10.3 Å². The maximum atomic E-state index is 13.1. The highest BCUT2D eigenvalue weighted by Gasteiger charge is 2.49. The summed E-state index contributed by atoms with van der Waals surface area (Å²) in [5.74, 6) is -0.575. The molecule has 0 bridgehead atoms. The second-order valence-electron chi connectivity index (χ2n) is 7.07. The van der Waals surface area contributed by atoms with Gasteiger partial charge in [-0.25, -0.2) is 4.79 Å². The van der Waals surface area contributed by atoms with Crippen molar-refractivity contribution in [3.05, 3.63) is 86.5 Å². The Balaban J connectivity index is 1.52. The van der Waals surface area contributed by atoms with Crippen LogP contribution in [0.15, 0.2) is 70.5 Å². The van der Waals surface area contributed by atoms with E-state index in [1.165, 1.54) is 16.2 Å². The molecule has 4 amide bonds. The summed E-state index contributed by atoms with van der Waals surface area (Å²) >= 11 is 4.80. The van der Waals surface area contributed by atoms with Crippen LogP contribution < -0.4 is 10.6 Å². The van der Waals surface area contributed by atoms with E-state index < -0.39 is 11.6 Å². The molecule has 2 N–H and O–H groups in total. The number of hydrogen-bond donors (Lipinski definition) is 2. The number of benzene rings is 2. The monoisotopic (exact) mass is 483 g/mol. The van der Waals surface area contributed by atoms with Crippen LogP contribution in [0.25, 0.3) is 0 Å². The minimum atomic E-state index is -1.10. The molecule has 1 aliphatic heterocycles. The van der Waals surface area contributed by atoms with Crippen LogP contribution in [0, 0.1) is 0 Å². The van der Waals surface area contributed by atoms with Crippen molar-refractivity contribution < 1.29 is 14.4 Å². The normalized spacial score (nSPS) is 18.4. The minimum Gasteiger partial charge on any atom is -0.322 e. The van der Waals surface area contributed by atoms with E-state index in [9.17, 15) is 14.4 Å². The summed E-state index contributed by atoms with van der Waals surface area (Å²) in [6.45, 7) is 1.79. The van der Waals surface area contributed by atoms with Crippen LogP contribution in [0.3, 0.4) is 0 Å². The number of nitrogens with zero attached hydrogens (tertiary/aromatic N) is 1. The third-order valence-electron chi connectivity index (χ3n) is 4.90. The first-order chi connectivity index (χ1) is 14.4. The quantitative estimate of drug-likeness (QED) is 0.514. The first kappa shape index (κ1) is 20.3. The van der Waals surface area contributed by atoms with E-state index in [1.54, 1.807) is 43.3 Å². The van der Waals surface area contributed by atoms with Crippen molar-refractivity contribution in [2.45, 2.75) is 19.0 Å². The van der Waals surface area contributed by atoms with E-state index in [0.29, 0.717) is 16.8 Å². The number of nitrogens with one attached hydrogen (secondary N) is 2. The number of halogens is 1. The lowest BCUT2D eigenvalue weighted by molar-refractivity contribution is -0.131. The van der Waals surface area contributed by atoms with E-state index >= 15 is 0 Å². The second kappa shape index (κ2) is 8.04. The number of hydrogen-bond acceptors (Lipinski definition) is 4. The molecule has 152 valence electrons. The lowest BCUT2D eigenvalue weighted by Gasteiger charge is -2.20. The summed E-state index contributed by atoms with van der Waals surface area (Å²) < 4.78 is 0.886. The van der Waals surface area contributed by atoms with Crippen molar-refractivity contribution >= 4 is 50.8 Å². The predicted molar refractivity (Wildman–Crippen MR) is 119 cm³/mol. The minimum absolute atomic E-state index is 0.0826. The average molecular weight is 484 g/mol. The zero-order valence-corrected chi connectivity index (χ0v) is 18.4. The Labute approximate surface area is 186 Å². The maximum Gasteiger partial charge on any atom is 0.325 e. The Morgan fingerprint density at radius 2 is 1.87 bits per heavy atom. The smallest absolute Gasteiger partial charge is 0.322 e. The molecular weight excluding hydrogens is 466 g/mol. The molecule has 1 unspecified atom stereocenters. The molecule has 8 heteroatoms. The van der Waals surface area contributed by atoms with Crippen LogP contribution in [0.2, 0.25) is 0 Å². The molecule has 2 aromatic carbocycles. The van der Waals surface area contributed by atoms with Crippen LogP contribution in [0.4, 0.5) is 10.5 Å². The fourth-order valence-corrected chi connectivity index (χ4v) is 4.79. The molecule has 1 saturated heterocycles. The molecule has 1 atom stereocenters. The molecule has 1 fully saturated rings. The number of rotatable bonds is 5. The predicted octanol–water partition coefficient (Wildman–Crippen LogP) is 4.73.